The molecular weight excluding hydrogens is 286 g/mol. The van der Waals surface area contributed by atoms with Gasteiger partial charge in [-0.2, -0.15) is 0 Å². The Labute approximate surface area is 118 Å². The van der Waals surface area contributed by atoms with Crippen LogP contribution in [0.25, 0.3) is 0 Å². The van der Waals surface area contributed by atoms with Gasteiger partial charge >= 0.3 is 5.69 Å². The van der Waals surface area contributed by atoms with Gasteiger partial charge in [0.25, 0.3) is 0 Å². The number of nitrogens with zero attached hydrogens (tertiary/aromatic N) is 2. The fraction of sp³-hybridized carbons (Fsp3) is 0.333. The zero-order chi connectivity index (χ0) is 13.4. The van der Waals surface area contributed by atoms with Crippen LogP contribution in [0.3, 0.4) is 0 Å². The number of nitrogens with one attached hydrogen (secondary N) is 1. The third-order valence-corrected chi connectivity index (χ3v) is 4.45. The second-order valence-electron chi connectivity index (χ2n) is 4.39. The number of aromatic amines is 1. The van der Waals surface area contributed by atoms with E-state index < -0.39 is 0 Å². The summed E-state index contributed by atoms with van der Waals surface area (Å²) >= 11 is 7.39. The molecule has 1 aliphatic carbocycles. The Balaban J connectivity index is 1.98. The number of benzene rings is 1. The summed E-state index contributed by atoms with van der Waals surface area (Å²) in [4.78, 5) is 12.5. The smallest absolute Gasteiger partial charge is 0.344 e. The fourth-order valence-corrected chi connectivity index (χ4v) is 3.26. The first-order valence-corrected chi connectivity index (χ1v) is 7.13. The van der Waals surface area contributed by atoms with Crippen LogP contribution in [0.2, 0.25) is 5.02 Å². The van der Waals surface area contributed by atoms with Crippen LogP contribution >= 0.6 is 23.4 Å². The highest BCUT2D eigenvalue weighted by atomic mass is 35.5. The summed E-state index contributed by atoms with van der Waals surface area (Å²) in [5.41, 5.74) is 0.476. The van der Waals surface area contributed by atoms with E-state index in [-0.39, 0.29) is 18.3 Å². The Morgan fingerprint density at radius 3 is 3.00 bits per heavy atom. The van der Waals surface area contributed by atoms with Gasteiger partial charge in [0.15, 0.2) is 5.16 Å². The van der Waals surface area contributed by atoms with Gasteiger partial charge in [-0.1, -0.05) is 17.7 Å². The van der Waals surface area contributed by atoms with Crippen molar-refractivity contribution in [3.8, 4) is 0 Å². The van der Waals surface area contributed by atoms with E-state index in [0.29, 0.717) is 15.7 Å². The molecule has 7 heteroatoms. The summed E-state index contributed by atoms with van der Waals surface area (Å²) in [5.74, 6) is 0. The molecule has 1 aliphatic rings. The predicted octanol–water partition coefficient (Wildman–Crippen LogP) is 2.20. The molecule has 19 heavy (non-hydrogen) atoms. The molecule has 3 rings (SSSR count). The lowest BCUT2D eigenvalue weighted by Gasteiger charge is -2.08. The molecule has 2 N–H and O–H groups in total. The second-order valence-corrected chi connectivity index (χ2v) is 5.81. The lowest BCUT2D eigenvalue weighted by Crippen LogP contribution is -2.16. The Bertz CT molecular complexity index is 663. The molecule has 2 aromatic rings. The maximum atomic E-state index is 11.7. The van der Waals surface area contributed by atoms with E-state index in [1.54, 1.807) is 10.6 Å². The van der Waals surface area contributed by atoms with Crippen LogP contribution in [0.4, 0.5) is 0 Å². The molecule has 0 bridgehead atoms. The maximum absolute atomic E-state index is 11.7. The number of aromatic nitrogens is 3. The molecule has 0 saturated heterocycles. The number of hydrogen-bond acceptors (Lipinski definition) is 4. The van der Waals surface area contributed by atoms with E-state index in [2.05, 4.69) is 10.2 Å². The van der Waals surface area contributed by atoms with E-state index >= 15 is 0 Å². The Morgan fingerprint density at radius 1 is 1.53 bits per heavy atom. The van der Waals surface area contributed by atoms with Crippen molar-refractivity contribution in [1.29, 1.82) is 0 Å². The van der Waals surface area contributed by atoms with Crippen molar-refractivity contribution in [3.05, 3.63) is 39.3 Å². The minimum absolute atomic E-state index is 0.139. The van der Waals surface area contributed by atoms with Crippen molar-refractivity contribution in [2.45, 2.75) is 35.5 Å². The van der Waals surface area contributed by atoms with E-state index in [1.807, 2.05) is 12.1 Å². The van der Waals surface area contributed by atoms with Crippen molar-refractivity contribution >= 4 is 23.4 Å². The van der Waals surface area contributed by atoms with Crippen LogP contribution in [0.1, 0.15) is 24.4 Å². The Kier molecular flexibility index (Phi) is 3.38. The lowest BCUT2D eigenvalue weighted by molar-refractivity contribution is 0.279. The van der Waals surface area contributed by atoms with Crippen LogP contribution in [0.5, 0.6) is 0 Å². The predicted molar refractivity (Wildman–Crippen MR) is 72.6 cm³/mol. The summed E-state index contributed by atoms with van der Waals surface area (Å²) in [6, 6.07) is 5.66. The first-order valence-electron chi connectivity index (χ1n) is 5.93. The molecule has 1 aromatic heterocycles. The summed E-state index contributed by atoms with van der Waals surface area (Å²) in [6.07, 6.45) is 2.02. The molecule has 100 valence electrons. The van der Waals surface area contributed by atoms with Crippen molar-refractivity contribution < 1.29 is 5.11 Å². The first kappa shape index (κ1) is 12.8. The average molecular weight is 298 g/mol. The monoisotopic (exact) mass is 297 g/mol. The number of halogens is 1. The zero-order valence-corrected chi connectivity index (χ0v) is 11.5. The van der Waals surface area contributed by atoms with Crippen molar-refractivity contribution in [2.24, 2.45) is 0 Å². The molecular formula is C12H12ClN3O2S. The van der Waals surface area contributed by atoms with Gasteiger partial charge in [-0.15, -0.1) is 5.10 Å². The third-order valence-electron chi connectivity index (χ3n) is 3.02. The molecule has 1 saturated carbocycles. The molecule has 1 fully saturated rings. The largest absolute Gasteiger partial charge is 0.392 e. The normalized spacial score (nSPS) is 14.8. The van der Waals surface area contributed by atoms with E-state index in [9.17, 15) is 9.90 Å². The number of aliphatic hydroxyl groups is 1. The summed E-state index contributed by atoms with van der Waals surface area (Å²) in [5, 5.41) is 17.0. The quantitative estimate of drug-likeness (QED) is 0.907. The van der Waals surface area contributed by atoms with E-state index in [4.69, 9.17) is 11.6 Å². The SMILES string of the molecule is O=c1[nH]nc(Sc2cccc(Cl)c2CO)n1C1CC1. The van der Waals surface area contributed by atoms with Crippen LogP contribution in [-0.4, -0.2) is 19.9 Å². The summed E-state index contributed by atoms with van der Waals surface area (Å²) in [6.45, 7) is -0.139. The molecule has 0 amide bonds. The zero-order valence-electron chi connectivity index (χ0n) is 9.97. The van der Waals surface area contributed by atoms with Gasteiger partial charge in [-0.05, 0) is 36.7 Å². The van der Waals surface area contributed by atoms with E-state index in [0.717, 1.165) is 17.7 Å². The molecule has 0 unspecified atom stereocenters. The third kappa shape index (κ3) is 2.43. The van der Waals surface area contributed by atoms with Crippen LogP contribution in [0, 0.1) is 0 Å². The Hall–Kier alpha value is -1.24. The van der Waals surface area contributed by atoms with Gasteiger partial charge in [0, 0.05) is 21.5 Å². The van der Waals surface area contributed by atoms with Gasteiger partial charge in [-0.3, -0.25) is 4.57 Å². The molecule has 0 atom stereocenters. The minimum Gasteiger partial charge on any atom is -0.392 e. The molecule has 1 aromatic carbocycles. The number of hydrogen-bond donors (Lipinski definition) is 2. The average Bonchev–Trinajstić information content (AvgIpc) is 3.15. The van der Waals surface area contributed by atoms with Crippen LogP contribution in [0.15, 0.2) is 33.0 Å². The number of H-pyrrole nitrogens is 1. The Morgan fingerprint density at radius 2 is 2.32 bits per heavy atom. The summed E-state index contributed by atoms with van der Waals surface area (Å²) < 4.78 is 1.67. The van der Waals surface area contributed by atoms with Gasteiger partial charge in [0.2, 0.25) is 0 Å². The molecule has 0 radical (unpaired) electrons. The van der Waals surface area contributed by atoms with Gasteiger partial charge in [0.05, 0.1) is 6.61 Å². The van der Waals surface area contributed by atoms with Gasteiger partial charge in [-0.25, -0.2) is 9.89 Å². The fourth-order valence-electron chi connectivity index (χ4n) is 1.90. The minimum atomic E-state index is -0.183. The van der Waals surface area contributed by atoms with E-state index in [1.165, 1.54) is 11.8 Å². The van der Waals surface area contributed by atoms with Gasteiger partial charge in [0.1, 0.15) is 0 Å². The maximum Gasteiger partial charge on any atom is 0.344 e. The highest BCUT2D eigenvalue weighted by Gasteiger charge is 2.29. The molecule has 5 nitrogen and oxygen atoms in total. The van der Waals surface area contributed by atoms with Gasteiger partial charge < -0.3 is 5.11 Å². The topological polar surface area (TPSA) is 70.9 Å². The summed E-state index contributed by atoms with van der Waals surface area (Å²) in [7, 11) is 0. The number of rotatable bonds is 4. The van der Waals surface area contributed by atoms with Crippen LogP contribution in [-0.2, 0) is 6.61 Å². The van der Waals surface area contributed by atoms with Crippen molar-refractivity contribution in [1.82, 2.24) is 14.8 Å². The molecule has 0 aliphatic heterocycles. The lowest BCUT2D eigenvalue weighted by atomic mass is 10.2. The van der Waals surface area contributed by atoms with Crippen molar-refractivity contribution in [3.63, 3.8) is 0 Å². The van der Waals surface area contributed by atoms with Crippen LogP contribution < -0.4 is 5.69 Å². The highest BCUT2D eigenvalue weighted by molar-refractivity contribution is 7.99. The number of aliphatic hydroxyl groups excluding tert-OH is 1. The second kappa shape index (κ2) is 5.03. The molecule has 1 heterocycles. The highest BCUT2D eigenvalue weighted by Crippen LogP contribution is 2.39. The standard InChI is InChI=1S/C12H12ClN3O2S/c13-9-2-1-3-10(8(9)6-17)19-12-15-14-11(18)16(12)7-4-5-7/h1-3,7,17H,4-6H2,(H,14,18). The molecule has 0 spiro atoms. The van der Waals surface area contributed by atoms with Crippen molar-refractivity contribution in [2.75, 3.05) is 0 Å². The first-order chi connectivity index (χ1) is 9.20.